The van der Waals surface area contributed by atoms with Crippen LogP contribution in [0.1, 0.15) is 24.8 Å². The summed E-state index contributed by atoms with van der Waals surface area (Å²) in [5.41, 5.74) is 1.75. The van der Waals surface area contributed by atoms with Crippen molar-refractivity contribution in [3.63, 3.8) is 0 Å². The van der Waals surface area contributed by atoms with E-state index in [1.807, 2.05) is 0 Å². The molecule has 0 saturated heterocycles. The number of hydrogen-bond donors (Lipinski definition) is 1. The van der Waals surface area contributed by atoms with Gasteiger partial charge in [-0.1, -0.05) is 13.8 Å². The molecule has 3 nitrogen and oxygen atoms in total. The van der Waals surface area contributed by atoms with Crippen LogP contribution in [0.4, 0.5) is 0 Å². The van der Waals surface area contributed by atoms with E-state index in [4.69, 9.17) is 5.26 Å². The van der Waals surface area contributed by atoms with E-state index in [1.165, 1.54) is 11.3 Å². The van der Waals surface area contributed by atoms with E-state index < -0.39 is 0 Å². The molecule has 0 aliphatic heterocycles. The highest BCUT2D eigenvalue weighted by Crippen LogP contribution is 2.16. The number of nitrogens with one attached hydrogen (secondary N) is 1. The van der Waals surface area contributed by atoms with Crippen LogP contribution in [0.25, 0.3) is 0 Å². The van der Waals surface area contributed by atoms with Crippen LogP contribution in [0.3, 0.4) is 0 Å². The van der Waals surface area contributed by atoms with Crippen molar-refractivity contribution in [2.75, 3.05) is 6.54 Å². The molecule has 4 heteroatoms. The van der Waals surface area contributed by atoms with Crippen molar-refractivity contribution >= 4 is 11.3 Å². The first kappa shape index (κ1) is 10.2. The van der Waals surface area contributed by atoms with Crippen molar-refractivity contribution < 1.29 is 0 Å². The number of aromatic nitrogens is 1. The fourth-order valence-electron chi connectivity index (χ4n) is 0.932. The molecule has 1 heterocycles. The molecule has 0 radical (unpaired) electrons. The number of nitriles is 1. The van der Waals surface area contributed by atoms with Gasteiger partial charge in [-0.25, -0.2) is 0 Å². The molecule has 0 aromatic carbocycles. The molecule has 1 aromatic heterocycles. The van der Waals surface area contributed by atoms with E-state index in [0.717, 1.165) is 11.4 Å². The second-order valence-electron chi connectivity index (χ2n) is 3.27. The predicted octanol–water partition coefficient (Wildman–Crippen LogP) is 1.95. The minimum atomic E-state index is -0.199. The Bertz CT molecular complexity index is 274. The molecule has 0 spiro atoms. The van der Waals surface area contributed by atoms with Crippen LogP contribution >= 0.6 is 11.3 Å². The molecule has 70 valence electrons. The summed E-state index contributed by atoms with van der Waals surface area (Å²) in [7, 11) is 0. The van der Waals surface area contributed by atoms with E-state index in [-0.39, 0.29) is 6.04 Å². The number of rotatable bonds is 4. The first-order valence-electron chi connectivity index (χ1n) is 4.25. The van der Waals surface area contributed by atoms with Crippen molar-refractivity contribution in [1.29, 1.82) is 5.26 Å². The Morgan fingerprint density at radius 3 is 2.92 bits per heavy atom. The van der Waals surface area contributed by atoms with E-state index in [1.54, 1.807) is 11.7 Å². The van der Waals surface area contributed by atoms with E-state index in [0.29, 0.717) is 5.92 Å². The van der Waals surface area contributed by atoms with Gasteiger partial charge in [0.15, 0.2) is 0 Å². The highest BCUT2D eigenvalue weighted by Gasteiger charge is 2.11. The van der Waals surface area contributed by atoms with Gasteiger partial charge in [0.05, 0.1) is 16.5 Å². The normalized spacial score (nSPS) is 12.8. The lowest BCUT2D eigenvalue weighted by molar-refractivity contribution is 0.528. The van der Waals surface area contributed by atoms with Crippen LogP contribution in [0.2, 0.25) is 0 Å². The first-order chi connectivity index (χ1) is 6.24. The highest BCUT2D eigenvalue weighted by molar-refractivity contribution is 7.09. The standard InChI is InChI=1S/C9H13N3S/c1-7(2)4-12-8(3-10)9-5-11-6-13-9/h5-8,12H,4H2,1-2H3. The third-order valence-electron chi connectivity index (χ3n) is 1.60. The van der Waals surface area contributed by atoms with Crippen LogP contribution in [-0.4, -0.2) is 11.5 Å². The van der Waals surface area contributed by atoms with Crippen LogP contribution < -0.4 is 5.32 Å². The van der Waals surface area contributed by atoms with Crippen molar-refractivity contribution in [2.45, 2.75) is 19.9 Å². The zero-order chi connectivity index (χ0) is 9.68. The Balaban J connectivity index is 2.51. The molecular weight excluding hydrogens is 182 g/mol. The van der Waals surface area contributed by atoms with Crippen molar-refractivity contribution in [1.82, 2.24) is 10.3 Å². The summed E-state index contributed by atoms with van der Waals surface area (Å²) in [4.78, 5) is 4.93. The summed E-state index contributed by atoms with van der Waals surface area (Å²) >= 11 is 1.51. The van der Waals surface area contributed by atoms with Crippen LogP contribution in [0.5, 0.6) is 0 Å². The molecule has 0 aliphatic rings. The fraction of sp³-hybridized carbons (Fsp3) is 0.556. The Hall–Kier alpha value is -0.920. The summed E-state index contributed by atoms with van der Waals surface area (Å²) in [6.45, 7) is 5.10. The third-order valence-corrected chi connectivity index (χ3v) is 2.44. The molecule has 0 aliphatic carbocycles. The SMILES string of the molecule is CC(C)CNC(C#N)c1cncs1. The maximum absolute atomic E-state index is 8.88. The molecule has 1 N–H and O–H groups in total. The zero-order valence-electron chi connectivity index (χ0n) is 7.82. The average molecular weight is 195 g/mol. The Kier molecular flexibility index (Phi) is 3.87. The zero-order valence-corrected chi connectivity index (χ0v) is 8.64. The second kappa shape index (κ2) is 4.95. The number of hydrogen-bond acceptors (Lipinski definition) is 4. The minimum Gasteiger partial charge on any atom is -0.297 e. The van der Waals surface area contributed by atoms with Crippen molar-refractivity contribution in [3.8, 4) is 6.07 Å². The van der Waals surface area contributed by atoms with Crippen LogP contribution in [0, 0.1) is 17.2 Å². The lowest BCUT2D eigenvalue weighted by Crippen LogP contribution is -2.23. The number of thiazole rings is 1. The average Bonchev–Trinajstić information content (AvgIpc) is 2.58. The van der Waals surface area contributed by atoms with Gasteiger partial charge in [-0.2, -0.15) is 5.26 Å². The Labute approximate surface area is 82.4 Å². The van der Waals surface area contributed by atoms with Gasteiger partial charge in [-0.05, 0) is 12.5 Å². The topological polar surface area (TPSA) is 48.7 Å². The molecule has 0 amide bonds. The maximum Gasteiger partial charge on any atom is 0.132 e. The van der Waals surface area contributed by atoms with E-state index >= 15 is 0 Å². The van der Waals surface area contributed by atoms with Crippen LogP contribution in [-0.2, 0) is 0 Å². The monoisotopic (exact) mass is 195 g/mol. The van der Waals surface area contributed by atoms with Gasteiger partial charge in [0.25, 0.3) is 0 Å². The molecule has 1 aromatic rings. The van der Waals surface area contributed by atoms with Gasteiger partial charge in [0.2, 0.25) is 0 Å². The Morgan fingerprint density at radius 2 is 2.46 bits per heavy atom. The molecule has 13 heavy (non-hydrogen) atoms. The highest BCUT2D eigenvalue weighted by atomic mass is 32.1. The number of nitrogens with zero attached hydrogens (tertiary/aromatic N) is 2. The molecule has 1 rings (SSSR count). The van der Waals surface area contributed by atoms with E-state index in [9.17, 15) is 0 Å². The van der Waals surface area contributed by atoms with Gasteiger partial charge in [0.1, 0.15) is 6.04 Å². The van der Waals surface area contributed by atoms with Crippen LogP contribution in [0.15, 0.2) is 11.7 Å². The first-order valence-corrected chi connectivity index (χ1v) is 5.13. The summed E-state index contributed by atoms with van der Waals surface area (Å²) in [6, 6.07) is 2.02. The van der Waals surface area contributed by atoms with E-state index in [2.05, 4.69) is 30.2 Å². The molecular formula is C9H13N3S. The van der Waals surface area contributed by atoms with Crippen molar-refractivity contribution in [2.24, 2.45) is 5.92 Å². The quantitative estimate of drug-likeness (QED) is 0.799. The van der Waals surface area contributed by atoms with Gasteiger partial charge in [0, 0.05) is 6.20 Å². The smallest absolute Gasteiger partial charge is 0.132 e. The largest absolute Gasteiger partial charge is 0.297 e. The van der Waals surface area contributed by atoms with Gasteiger partial charge < -0.3 is 0 Å². The molecule has 1 atom stereocenters. The van der Waals surface area contributed by atoms with Gasteiger partial charge in [-0.3, -0.25) is 10.3 Å². The third kappa shape index (κ3) is 3.13. The summed E-state index contributed by atoms with van der Waals surface area (Å²) in [5.74, 6) is 0.559. The molecule has 0 fully saturated rings. The fourth-order valence-corrected chi connectivity index (χ4v) is 1.57. The van der Waals surface area contributed by atoms with Crippen molar-refractivity contribution in [3.05, 3.63) is 16.6 Å². The summed E-state index contributed by atoms with van der Waals surface area (Å²) < 4.78 is 0. The summed E-state index contributed by atoms with van der Waals surface area (Å²) in [5, 5.41) is 12.1. The Morgan fingerprint density at radius 1 is 1.69 bits per heavy atom. The molecule has 0 saturated carbocycles. The lowest BCUT2D eigenvalue weighted by Gasteiger charge is -2.10. The minimum absolute atomic E-state index is 0.199. The molecule has 0 bridgehead atoms. The predicted molar refractivity (Wildman–Crippen MR) is 53.3 cm³/mol. The maximum atomic E-state index is 8.88. The molecule has 1 unspecified atom stereocenters. The lowest BCUT2D eigenvalue weighted by atomic mass is 10.2. The van der Waals surface area contributed by atoms with Gasteiger partial charge >= 0.3 is 0 Å². The second-order valence-corrected chi connectivity index (χ2v) is 4.19. The summed E-state index contributed by atoms with van der Waals surface area (Å²) in [6.07, 6.45) is 1.74. The van der Waals surface area contributed by atoms with Gasteiger partial charge in [-0.15, -0.1) is 11.3 Å².